The maximum Gasteiger partial charge on any atom is 0.306 e. The summed E-state index contributed by atoms with van der Waals surface area (Å²) in [6.45, 7) is 10.1. The monoisotopic (exact) mass is 638 g/mol. The highest BCUT2D eigenvalue weighted by molar-refractivity contribution is 6.01. The number of carbonyl (C=O) groups excluding carboxylic acids is 3. The van der Waals surface area contributed by atoms with Crippen LogP contribution < -0.4 is 4.57 Å². The van der Waals surface area contributed by atoms with Crippen LogP contribution in [0.2, 0.25) is 0 Å². The summed E-state index contributed by atoms with van der Waals surface area (Å²) < 4.78 is 24.9. The molecular weight excluding hydrogens is 585 g/mol. The van der Waals surface area contributed by atoms with E-state index in [0.29, 0.717) is 37.2 Å². The quantitative estimate of drug-likeness (QED) is 0.168. The number of aliphatic hydroxyl groups excluding tert-OH is 1. The Morgan fingerprint density at radius 1 is 1.11 bits per heavy atom. The van der Waals surface area contributed by atoms with Crippen molar-refractivity contribution in [3.63, 3.8) is 0 Å². The summed E-state index contributed by atoms with van der Waals surface area (Å²) in [4.78, 5) is 38.4. The molecule has 3 fully saturated rings. The number of ether oxygens (including phenoxy) is 1. The molecule has 4 aliphatic rings. The summed E-state index contributed by atoms with van der Waals surface area (Å²) in [6.07, 6.45) is 13.4. The molecule has 0 aliphatic heterocycles. The van der Waals surface area contributed by atoms with Crippen molar-refractivity contribution in [3.05, 3.63) is 53.9 Å². The van der Waals surface area contributed by atoms with Crippen molar-refractivity contribution in [2.75, 3.05) is 6.61 Å². The maximum absolute atomic E-state index is 17.4. The predicted molar refractivity (Wildman–Crippen MR) is 172 cm³/mol. The minimum absolute atomic E-state index is 0.103. The predicted octanol–water partition coefficient (Wildman–Crippen LogP) is 5.90. The lowest BCUT2D eigenvalue weighted by molar-refractivity contribution is -0.697. The Labute approximate surface area is 273 Å². The van der Waals surface area contributed by atoms with Crippen molar-refractivity contribution in [3.8, 4) is 0 Å². The van der Waals surface area contributed by atoms with Crippen molar-refractivity contribution in [2.24, 2.45) is 28.6 Å². The van der Waals surface area contributed by atoms with Gasteiger partial charge < -0.3 is 14.9 Å². The molecule has 0 bridgehead atoms. The molecular formula is C38H53FNO6+. The first kappa shape index (κ1) is 34.6. The first-order valence-electron chi connectivity index (χ1n) is 17.5. The number of allylic oxidation sites excluding steroid dienone is 4. The zero-order valence-corrected chi connectivity index (χ0v) is 28.3. The molecule has 0 amide bonds. The van der Waals surface area contributed by atoms with Crippen LogP contribution in [-0.4, -0.2) is 51.7 Å². The number of hydrogen-bond donors (Lipinski definition) is 2. The molecule has 252 valence electrons. The number of ketones is 2. The summed E-state index contributed by atoms with van der Waals surface area (Å²) >= 11 is 0. The second-order valence-electron chi connectivity index (χ2n) is 14.9. The first-order chi connectivity index (χ1) is 21.8. The Morgan fingerprint density at radius 3 is 2.48 bits per heavy atom. The van der Waals surface area contributed by atoms with Crippen LogP contribution in [0, 0.1) is 28.6 Å². The molecule has 3 saturated carbocycles. The second-order valence-corrected chi connectivity index (χ2v) is 14.9. The lowest BCUT2D eigenvalue weighted by Crippen LogP contribution is -2.69. The van der Waals surface area contributed by atoms with Crippen molar-refractivity contribution < 1.29 is 38.3 Å². The van der Waals surface area contributed by atoms with E-state index in [1.54, 1.807) is 26.8 Å². The number of carbonyl (C=O) groups is 3. The third kappa shape index (κ3) is 5.51. The number of alkyl halides is 1. The van der Waals surface area contributed by atoms with Crippen LogP contribution in [-0.2, 0) is 25.7 Å². The zero-order valence-electron chi connectivity index (χ0n) is 28.3. The number of Topliss-reactive ketones (excluding diaryl/α,β-unsaturated/α-hetero) is 1. The van der Waals surface area contributed by atoms with Crippen LogP contribution >= 0.6 is 0 Å². The van der Waals surface area contributed by atoms with Gasteiger partial charge in [0, 0.05) is 41.7 Å². The van der Waals surface area contributed by atoms with Gasteiger partial charge in [-0.2, -0.15) is 0 Å². The Bertz CT molecular complexity index is 1390. The molecule has 0 spiro atoms. The van der Waals surface area contributed by atoms with Gasteiger partial charge in [0.15, 0.2) is 30.5 Å². The standard InChI is InChI=1S/C38H53FNO6/c1-6-26(7-2)27-15-19-40(20-16-27)18-10-8-9-11-34(44)46-24-33(43)38(45)25(3)21-31-30-13-12-28-22-29(41)14-17-35(28,4)37(30,39)32(42)23-36(31,38)5/h14-17,19-20,22,25-26,30-32,42,45H,6-13,18,21,23-24H2,1-5H3/q+1/t25-,30+,31+,32+,35+,36+,37+,38+/m1/s1. The molecule has 2 N–H and O–H groups in total. The zero-order chi connectivity index (χ0) is 33.5. The molecule has 1 aromatic rings. The molecule has 0 aromatic carbocycles. The molecule has 8 heteroatoms. The van der Waals surface area contributed by atoms with Gasteiger partial charge in [0.05, 0.1) is 6.10 Å². The van der Waals surface area contributed by atoms with Crippen LogP contribution in [0.1, 0.15) is 110 Å². The number of pyridine rings is 1. The van der Waals surface area contributed by atoms with Gasteiger partial charge in [-0.25, -0.2) is 8.96 Å². The number of aliphatic hydroxyl groups is 2. The number of aromatic nitrogens is 1. The highest BCUT2D eigenvalue weighted by Gasteiger charge is 2.75. The number of aryl methyl sites for hydroxylation is 1. The highest BCUT2D eigenvalue weighted by atomic mass is 19.1. The molecule has 5 rings (SSSR count). The number of fused-ring (bicyclic) bond motifs is 5. The van der Waals surface area contributed by atoms with E-state index in [1.807, 2.05) is 0 Å². The molecule has 0 radical (unpaired) electrons. The van der Waals surface area contributed by atoms with Gasteiger partial charge >= 0.3 is 5.97 Å². The molecule has 0 unspecified atom stereocenters. The number of halogens is 1. The molecule has 1 heterocycles. The molecule has 46 heavy (non-hydrogen) atoms. The Hall–Kier alpha value is -2.71. The van der Waals surface area contributed by atoms with Crippen molar-refractivity contribution in [1.82, 2.24) is 0 Å². The normalized spacial score (nSPS) is 36.5. The third-order valence-electron chi connectivity index (χ3n) is 12.7. The van der Waals surface area contributed by atoms with Crippen molar-refractivity contribution >= 4 is 17.5 Å². The van der Waals surface area contributed by atoms with Crippen LogP contribution in [0.4, 0.5) is 4.39 Å². The van der Waals surface area contributed by atoms with E-state index < -0.39 is 58.4 Å². The topological polar surface area (TPSA) is 105 Å². The van der Waals surface area contributed by atoms with E-state index in [0.717, 1.165) is 32.2 Å². The summed E-state index contributed by atoms with van der Waals surface area (Å²) in [5.74, 6) is -2.11. The van der Waals surface area contributed by atoms with Crippen molar-refractivity contribution in [2.45, 2.75) is 129 Å². The largest absolute Gasteiger partial charge is 0.458 e. The van der Waals surface area contributed by atoms with Gasteiger partial charge in [0.25, 0.3) is 0 Å². The summed E-state index contributed by atoms with van der Waals surface area (Å²) in [5.41, 5.74) is -4.07. The smallest absolute Gasteiger partial charge is 0.306 e. The van der Waals surface area contributed by atoms with Crippen LogP contribution in [0.25, 0.3) is 0 Å². The van der Waals surface area contributed by atoms with Gasteiger partial charge in [0.1, 0.15) is 12.1 Å². The van der Waals surface area contributed by atoms with Crippen molar-refractivity contribution in [1.29, 1.82) is 0 Å². The second kappa shape index (κ2) is 13.1. The van der Waals surface area contributed by atoms with Gasteiger partial charge in [-0.15, -0.1) is 0 Å². The van der Waals surface area contributed by atoms with Gasteiger partial charge in [-0.05, 0) is 93.8 Å². The number of esters is 1. The van der Waals surface area contributed by atoms with E-state index in [4.69, 9.17) is 4.74 Å². The lowest BCUT2D eigenvalue weighted by Gasteiger charge is -2.62. The number of unbranched alkanes of at least 4 members (excludes halogenated alkanes) is 2. The highest BCUT2D eigenvalue weighted by Crippen LogP contribution is 2.70. The molecule has 7 nitrogen and oxygen atoms in total. The Morgan fingerprint density at radius 2 is 1.80 bits per heavy atom. The number of nitrogens with zero attached hydrogens (tertiary/aromatic N) is 1. The Balaban J connectivity index is 1.15. The van der Waals surface area contributed by atoms with Crippen LogP contribution in [0.3, 0.4) is 0 Å². The molecule has 0 saturated heterocycles. The molecule has 1 aromatic heterocycles. The molecule has 8 atom stereocenters. The van der Waals surface area contributed by atoms with E-state index >= 15 is 4.39 Å². The fraction of sp³-hybridized carbons (Fsp3) is 0.684. The van der Waals surface area contributed by atoms with E-state index in [9.17, 15) is 24.6 Å². The van der Waals surface area contributed by atoms with E-state index in [1.165, 1.54) is 17.7 Å². The lowest BCUT2D eigenvalue weighted by atomic mass is 9.44. The summed E-state index contributed by atoms with van der Waals surface area (Å²) in [5, 5.41) is 23.6. The SMILES string of the molecule is CCC(CC)c1cc[n+](CCCCCC(=O)OCC(=O)[C@@]2(O)[C@H](C)C[C@H]3[C@@H]4CCC5=CC(=O)C=C[C@]5(C)[C@@]4(F)[C@@H](O)C[C@@]32C)cc1. The molecule has 4 aliphatic carbocycles. The Kier molecular flexibility index (Phi) is 9.83. The van der Waals surface area contributed by atoms with E-state index in [2.05, 4.69) is 42.9 Å². The fourth-order valence-electron chi connectivity index (χ4n) is 9.86. The summed E-state index contributed by atoms with van der Waals surface area (Å²) in [6, 6.07) is 4.38. The van der Waals surface area contributed by atoms with Crippen LogP contribution in [0.5, 0.6) is 0 Å². The van der Waals surface area contributed by atoms with E-state index in [-0.39, 0.29) is 24.5 Å². The minimum Gasteiger partial charge on any atom is -0.458 e. The maximum atomic E-state index is 17.4. The van der Waals surface area contributed by atoms with Gasteiger partial charge in [-0.1, -0.05) is 39.3 Å². The average Bonchev–Trinajstić information content (AvgIpc) is 3.23. The summed E-state index contributed by atoms with van der Waals surface area (Å²) in [7, 11) is 0. The number of hydrogen-bond acceptors (Lipinski definition) is 6. The fourth-order valence-corrected chi connectivity index (χ4v) is 9.86. The van der Waals surface area contributed by atoms with Crippen LogP contribution in [0.15, 0.2) is 48.3 Å². The average molecular weight is 639 g/mol. The van der Waals surface area contributed by atoms with Gasteiger partial charge in [0.2, 0.25) is 5.78 Å². The van der Waals surface area contributed by atoms with Gasteiger partial charge in [-0.3, -0.25) is 14.4 Å². The third-order valence-corrected chi connectivity index (χ3v) is 12.7. The number of rotatable bonds is 12. The minimum atomic E-state index is -2.03. The first-order valence-corrected chi connectivity index (χ1v) is 17.5.